The van der Waals surface area contributed by atoms with Crippen molar-refractivity contribution in [3.8, 4) is 0 Å². The first-order valence-corrected chi connectivity index (χ1v) is 8.75. The number of nitrogens with zero attached hydrogens (tertiary/aromatic N) is 3. The number of ether oxygens (including phenoxy) is 1. The van der Waals surface area contributed by atoms with Crippen molar-refractivity contribution < 1.29 is 4.74 Å². The van der Waals surface area contributed by atoms with Crippen LogP contribution in [0.5, 0.6) is 0 Å². The van der Waals surface area contributed by atoms with E-state index in [1.54, 1.807) is 0 Å². The number of guanidine groups is 1. The number of hydrogen-bond donors (Lipinski definition) is 2. The third-order valence-electron chi connectivity index (χ3n) is 3.63. The van der Waals surface area contributed by atoms with E-state index in [-0.39, 0.29) is 35.6 Å². The van der Waals surface area contributed by atoms with Crippen LogP contribution in [0.3, 0.4) is 0 Å². The molecule has 2 heterocycles. The van der Waals surface area contributed by atoms with E-state index in [1.165, 1.54) is 0 Å². The fourth-order valence-corrected chi connectivity index (χ4v) is 2.59. The third-order valence-corrected chi connectivity index (χ3v) is 3.63. The zero-order valence-electron chi connectivity index (χ0n) is 16.0. The summed E-state index contributed by atoms with van der Waals surface area (Å²) in [6.07, 6.45) is 2.11. The molecular weight excluding hydrogens is 429 g/mol. The molecule has 0 aliphatic carbocycles. The Morgan fingerprint density at radius 3 is 2.84 bits per heavy atom. The van der Waals surface area contributed by atoms with Gasteiger partial charge in [-0.25, -0.2) is 9.98 Å². The van der Waals surface area contributed by atoms with Crippen molar-refractivity contribution in [2.75, 3.05) is 31.1 Å². The zero-order valence-corrected chi connectivity index (χ0v) is 18.3. The fraction of sp³-hybridized carbons (Fsp3) is 0.667. The molecule has 0 bridgehead atoms. The van der Waals surface area contributed by atoms with Crippen molar-refractivity contribution in [1.82, 2.24) is 15.6 Å². The molecule has 1 fully saturated rings. The van der Waals surface area contributed by atoms with Gasteiger partial charge < -0.3 is 20.3 Å². The summed E-state index contributed by atoms with van der Waals surface area (Å²) in [6, 6.07) is 4.15. The standard InChI is InChI=1S/C18H31N5O.HI/c1-6-19-17(22-18(3,4)5)21-12-15-7-8-20-16(11-15)23-9-10-24-14(2)13-23;/h7-8,11,14H,6,9-10,12-13H2,1-5H3,(H2,19,21,22);1H. The van der Waals surface area contributed by atoms with E-state index in [1.807, 2.05) is 12.3 Å². The number of nitrogens with one attached hydrogen (secondary N) is 2. The van der Waals surface area contributed by atoms with Crippen molar-refractivity contribution in [2.45, 2.75) is 52.8 Å². The molecule has 1 aliphatic rings. The summed E-state index contributed by atoms with van der Waals surface area (Å²) >= 11 is 0. The molecule has 7 heteroatoms. The Bertz CT molecular complexity index is 559. The molecule has 0 saturated carbocycles. The molecule has 2 N–H and O–H groups in total. The van der Waals surface area contributed by atoms with Gasteiger partial charge in [0.15, 0.2) is 5.96 Å². The number of rotatable bonds is 4. The lowest BCUT2D eigenvalue weighted by atomic mass is 10.1. The molecule has 25 heavy (non-hydrogen) atoms. The molecule has 1 aromatic heterocycles. The van der Waals surface area contributed by atoms with Crippen molar-refractivity contribution in [2.24, 2.45) is 4.99 Å². The summed E-state index contributed by atoms with van der Waals surface area (Å²) < 4.78 is 5.60. The number of hydrogen-bond acceptors (Lipinski definition) is 4. The maximum atomic E-state index is 5.60. The van der Waals surface area contributed by atoms with Gasteiger partial charge in [0.1, 0.15) is 5.82 Å². The average molecular weight is 461 g/mol. The normalized spacial score (nSPS) is 18.5. The highest BCUT2D eigenvalue weighted by Gasteiger charge is 2.18. The van der Waals surface area contributed by atoms with Crippen molar-refractivity contribution in [3.05, 3.63) is 23.9 Å². The second-order valence-electron chi connectivity index (χ2n) is 7.22. The second kappa shape index (κ2) is 10.2. The molecule has 142 valence electrons. The van der Waals surface area contributed by atoms with E-state index < -0.39 is 0 Å². The summed E-state index contributed by atoms with van der Waals surface area (Å²) in [5.74, 6) is 1.84. The quantitative estimate of drug-likeness (QED) is 0.410. The Hall–Kier alpha value is -1.09. The smallest absolute Gasteiger partial charge is 0.191 e. The van der Waals surface area contributed by atoms with Crippen LogP contribution in [0.25, 0.3) is 0 Å². The van der Waals surface area contributed by atoms with Gasteiger partial charge >= 0.3 is 0 Å². The van der Waals surface area contributed by atoms with E-state index in [2.05, 4.69) is 61.2 Å². The first-order valence-electron chi connectivity index (χ1n) is 8.75. The molecule has 0 radical (unpaired) electrons. The van der Waals surface area contributed by atoms with Gasteiger partial charge in [0.25, 0.3) is 0 Å². The zero-order chi connectivity index (χ0) is 17.6. The highest BCUT2D eigenvalue weighted by Crippen LogP contribution is 2.17. The number of pyridine rings is 1. The summed E-state index contributed by atoms with van der Waals surface area (Å²) in [4.78, 5) is 11.5. The van der Waals surface area contributed by atoms with Gasteiger partial charge in [-0.2, -0.15) is 0 Å². The monoisotopic (exact) mass is 461 g/mol. The number of morpholine rings is 1. The van der Waals surface area contributed by atoms with E-state index in [0.717, 1.165) is 43.6 Å². The van der Waals surface area contributed by atoms with Gasteiger partial charge in [-0.3, -0.25) is 0 Å². The Labute approximate surface area is 168 Å². The minimum atomic E-state index is -0.0195. The molecule has 1 atom stereocenters. The van der Waals surface area contributed by atoms with Gasteiger partial charge in [0.2, 0.25) is 0 Å². The van der Waals surface area contributed by atoms with Crippen LogP contribution in [0.15, 0.2) is 23.3 Å². The molecule has 2 rings (SSSR count). The van der Waals surface area contributed by atoms with Gasteiger partial charge in [0, 0.05) is 31.4 Å². The molecule has 6 nitrogen and oxygen atoms in total. The minimum Gasteiger partial charge on any atom is -0.375 e. The molecular formula is C18H32IN5O. The Morgan fingerprint density at radius 2 is 2.20 bits per heavy atom. The van der Waals surface area contributed by atoms with Crippen molar-refractivity contribution >= 4 is 35.8 Å². The third kappa shape index (κ3) is 7.77. The molecule has 1 aliphatic heterocycles. The fourth-order valence-electron chi connectivity index (χ4n) is 2.59. The molecule has 1 aromatic rings. The van der Waals surface area contributed by atoms with E-state index in [4.69, 9.17) is 9.73 Å². The van der Waals surface area contributed by atoms with Crippen LogP contribution in [0.2, 0.25) is 0 Å². The number of halogens is 1. The Morgan fingerprint density at radius 1 is 1.44 bits per heavy atom. The first kappa shape index (κ1) is 22.0. The van der Waals surface area contributed by atoms with Crippen LogP contribution >= 0.6 is 24.0 Å². The summed E-state index contributed by atoms with van der Waals surface area (Å²) in [6.45, 7) is 14.6. The van der Waals surface area contributed by atoms with E-state index in [9.17, 15) is 0 Å². The highest BCUT2D eigenvalue weighted by atomic mass is 127. The topological polar surface area (TPSA) is 61.8 Å². The maximum absolute atomic E-state index is 5.60. The lowest BCUT2D eigenvalue weighted by Gasteiger charge is -2.32. The SMILES string of the molecule is CCNC(=NCc1ccnc(N2CCOC(C)C2)c1)NC(C)(C)C.I. The van der Waals surface area contributed by atoms with Gasteiger partial charge in [0.05, 0.1) is 19.3 Å². The lowest BCUT2D eigenvalue weighted by Crippen LogP contribution is -2.47. The molecule has 0 aromatic carbocycles. The first-order chi connectivity index (χ1) is 11.4. The molecule has 0 spiro atoms. The van der Waals surface area contributed by atoms with Crippen LogP contribution in [-0.2, 0) is 11.3 Å². The Kier molecular flexibility index (Phi) is 8.92. The van der Waals surface area contributed by atoms with E-state index >= 15 is 0 Å². The average Bonchev–Trinajstić information content (AvgIpc) is 2.52. The van der Waals surface area contributed by atoms with Gasteiger partial charge in [-0.1, -0.05) is 0 Å². The second-order valence-corrected chi connectivity index (χ2v) is 7.22. The van der Waals surface area contributed by atoms with Crippen LogP contribution < -0.4 is 15.5 Å². The summed E-state index contributed by atoms with van der Waals surface area (Å²) in [7, 11) is 0. The predicted octanol–water partition coefficient (Wildman–Crippen LogP) is 2.78. The molecule has 0 amide bonds. The number of aliphatic imine (C=N–C) groups is 1. The maximum Gasteiger partial charge on any atom is 0.191 e. The summed E-state index contributed by atoms with van der Waals surface area (Å²) in [5.41, 5.74) is 1.14. The minimum absolute atomic E-state index is 0. The van der Waals surface area contributed by atoms with E-state index in [0.29, 0.717) is 6.54 Å². The highest BCUT2D eigenvalue weighted by molar-refractivity contribution is 14.0. The van der Waals surface area contributed by atoms with Gasteiger partial charge in [-0.15, -0.1) is 24.0 Å². The van der Waals surface area contributed by atoms with Crippen molar-refractivity contribution in [3.63, 3.8) is 0 Å². The van der Waals surface area contributed by atoms with Crippen LogP contribution in [0.4, 0.5) is 5.82 Å². The van der Waals surface area contributed by atoms with Crippen molar-refractivity contribution in [1.29, 1.82) is 0 Å². The van der Waals surface area contributed by atoms with Crippen LogP contribution in [0, 0.1) is 0 Å². The predicted molar refractivity (Wildman–Crippen MR) is 115 cm³/mol. The van der Waals surface area contributed by atoms with Gasteiger partial charge in [-0.05, 0) is 52.3 Å². The summed E-state index contributed by atoms with van der Waals surface area (Å²) in [5, 5.41) is 6.70. The van der Waals surface area contributed by atoms with Crippen LogP contribution in [-0.4, -0.2) is 48.8 Å². The molecule has 1 unspecified atom stereocenters. The lowest BCUT2D eigenvalue weighted by molar-refractivity contribution is 0.0529. The number of anilines is 1. The largest absolute Gasteiger partial charge is 0.375 e. The van der Waals surface area contributed by atoms with Crippen LogP contribution in [0.1, 0.15) is 40.2 Å². The number of aromatic nitrogens is 1. The Balaban J connectivity index is 0.00000312. The molecule has 1 saturated heterocycles.